The molecule has 4 nitrogen and oxygen atoms in total. The van der Waals surface area contributed by atoms with Crippen LogP contribution >= 0.6 is 0 Å². The Hall–Kier alpha value is 1.65. The summed E-state index contributed by atoms with van der Waals surface area (Å²) >= 11 is -5.12. The molecular weight excluding hydrogens is 332 g/mol. The fraction of sp³-hybridized carbons (Fsp3) is 0. The van der Waals surface area contributed by atoms with Gasteiger partial charge in [-0.3, -0.25) is 0 Å². The summed E-state index contributed by atoms with van der Waals surface area (Å²) in [4.78, 5) is 0. The van der Waals surface area contributed by atoms with Crippen molar-refractivity contribution in [2.24, 2.45) is 0 Å². The van der Waals surface area contributed by atoms with E-state index < -0.39 is 14.5 Å². The minimum atomic E-state index is -5.12. The normalized spacial score (nSPS) is 8.43. The average Bonchev–Trinajstić information content (AvgIpc) is 0.722. The topological polar surface area (TPSA) is 77.8 Å². The average molecular weight is 337 g/mol. The summed E-state index contributed by atoms with van der Waals surface area (Å²) in [5.74, 6) is 0. The van der Waals surface area contributed by atoms with Crippen LogP contribution < -0.4 is 0 Å². The summed E-state index contributed by atoms with van der Waals surface area (Å²) in [5.41, 5.74) is 0. The first-order valence-corrected chi connectivity index (χ1v) is 4.07. The van der Waals surface area contributed by atoms with Crippen LogP contribution in [0.2, 0.25) is 0 Å². The Morgan fingerprint density at radius 1 is 1.14 bits per heavy atom. The van der Waals surface area contributed by atoms with Gasteiger partial charge in [0, 0.05) is 19.5 Å². The second-order valence-electron chi connectivity index (χ2n) is 0.513. The van der Waals surface area contributed by atoms with Gasteiger partial charge in [0.1, 0.15) is 0 Å². The van der Waals surface area contributed by atoms with Gasteiger partial charge in [-0.1, -0.05) is 0 Å². The van der Waals surface area contributed by atoms with Crippen molar-refractivity contribution in [3.05, 3.63) is 0 Å². The monoisotopic (exact) mass is 338 g/mol. The number of hydrogen-bond donors (Lipinski definition) is 3. The largest absolute Gasteiger partial charge is 0 e. The molecule has 7 heavy (non-hydrogen) atoms. The molecule has 0 aliphatic carbocycles. The Morgan fingerprint density at radius 3 is 1.14 bits per heavy atom. The van der Waals surface area contributed by atoms with Gasteiger partial charge in [0.15, 0.2) is 0 Å². The molecule has 0 bridgehead atoms. The zero-order valence-electron chi connectivity index (χ0n) is 3.40. The molecule has 0 aromatic carbocycles. The zero-order valence-corrected chi connectivity index (χ0v) is 11.1. The van der Waals surface area contributed by atoms with Gasteiger partial charge in [-0.15, -0.1) is 0 Å². The summed E-state index contributed by atoms with van der Waals surface area (Å²) in [7, 11) is 0. The summed E-state index contributed by atoms with van der Waals surface area (Å²) in [6.07, 6.45) is 0. The predicted molar refractivity (Wildman–Crippen MR) is 21.6 cm³/mol. The van der Waals surface area contributed by atoms with E-state index in [9.17, 15) is 0 Å². The van der Waals surface area contributed by atoms with Crippen LogP contribution in [0.4, 0.5) is 0 Å². The molecule has 0 amide bonds. The van der Waals surface area contributed by atoms with E-state index >= 15 is 0 Å². The number of hydrogen-bond acceptors (Lipinski definition) is 1. The van der Waals surface area contributed by atoms with E-state index in [0.717, 1.165) is 0 Å². The molecule has 0 saturated heterocycles. The van der Waals surface area contributed by atoms with Crippen molar-refractivity contribution >= 4 is 38.2 Å². The quantitative estimate of drug-likeness (QED) is 0.410. The smallest absolute Gasteiger partial charge is 0 e. The van der Waals surface area contributed by atoms with E-state index in [1.165, 1.54) is 0 Å². The molecule has 0 unspecified atom stereocenters. The summed E-state index contributed by atoms with van der Waals surface area (Å²) < 4.78 is 30.7. The SMILES string of the molecule is O=[As](O)(O)O.[TeH2].[Zn]. The maximum Gasteiger partial charge on any atom is 0 e. The van der Waals surface area contributed by atoms with Crippen molar-refractivity contribution < 1.29 is 35.5 Å². The standard InChI is InChI=1S/AsH3O4.H2Te.Zn/c2-1(3,4)5;;/h(H3,2,3,4,5);1H2;. The third-order valence-corrected chi connectivity index (χ3v) is 0. The summed E-state index contributed by atoms with van der Waals surface area (Å²) in [5, 5.41) is 0. The van der Waals surface area contributed by atoms with Crippen LogP contribution in [0.3, 0.4) is 0 Å². The van der Waals surface area contributed by atoms with Crippen molar-refractivity contribution in [1.29, 1.82) is 0 Å². The second kappa shape index (κ2) is 5.78. The molecule has 0 aromatic heterocycles. The first-order chi connectivity index (χ1) is 2.00. The van der Waals surface area contributed by atoms with Crippen LogP contribution in [0, 0.1) is 0 Å². The molecule has 7 heteroatoms. The predicted octanol–water partition coefficient (Wildman–Crippen LogP) is -3.09. The Morgan fingerprint density at radius 2 is 1.14 bits per heavy atom. The van der Waals surface area contributed by atoms with Crippen LogP contribution in [0.5, 0.6) is 0 Å². The first kappa shape index (κ1) is 15.9. The summed E-state index contributed by atoms with van der Waals surface area (Å²) in [6, 6.07) is 0. The molecule has 0 rings (SSSR count). The first-order valence-electron chi connectivity index (χ1n) is 0.783. The molecular formula is H5AsO4TeZn. The van der Waals surface area contributed by atoms with Gasteiger partial charge in [0.05, 0.1) is 0 Å². The van der Waals surface area contributed by atoms with Gasteiger partial charge in [0.2, 0.25) is 0 Å². The Bertz CT molecular complexity index is 57.8. The van der Waals surface area contributed by atoms with Crippen LogP contribution in [0.15, 0.2) is 0 Å². The fourth-order valence-electron chi connectivity index (χ4n) is 0. The van der Waals surface area contributed by atoms with Crippen LogP contribution in [-0.2, 0) is 23.2 Å². The molecule has 0 aromatic rings. The van der Waals surface area contributed by atoms with Gasteiger partial charge >= 0.3 is 54.2 Å². The van der Waals surface area contributed by atoms with E-state index in [1.807, 2.05) is 0 Å². The van der Waals surface area contributed by atoms with E-state index in [1.54, 1.807) is 0 Å². The Kier molecular flexibility index (Phi) is 13.1. The van der Waals surface area contributed by atoms with Crippen molar-refractivity contribution in [2.45, 2.75) is 0 Å². The van der Waals surface area contributed by atoms with Crippen molar-refractivity contribution in [2.75, 3.05) is 0 Å². The molecule has 0 fully saturated rings. The van der Waals surface area contributed by atoms with E-state index in [2.05, 4.69) is 0 Å². The van der Waals surface area contributed by atoms with Gasteiger partial charge in [-0.25, -0.2) is 0 Å². The zero-order chi connectivity index (χ0) is 4.50. The van der Waals surface area contributed by atoms with Gasteiger partial charge in [0.25, 0.3) is 0 Å². The van der Waals surface area contributed by atoms with E-state index in [-0.39, 0.29) is 43.1 Å². The molecule has 0 atom stereocenters. The summed E-state index contributed by atoms with van der Waals surface area (Å²) in [6.45, 7) is 0. The molecule has 0 spiro atoms. The van der Waals surface area contributed by atoms with Crippen LogP contribution in [-0.4, -0.2) is 50.5 Å². The molecule has 3 N–H and O–H groups in total. The fourth-order valence-corrected chi connectivity index (χ4v) is 0. The molecule has 0 saturated carbocycles. The van der Waals surface area contributed by atoms with Gasteiger partial charge < -0.3 is 0 Å². The second-order valence-corrected chi connectivity index (χ2v) is 2.67. The minimum absolute atomic E-state index is 0. The molecule has 0 radical (unpaired) electrons. The molecule has 0 aliphatic heterocycles. The minimum Gasteiger partial charge on any atom is 0 e. The maximum absolute atomic E-state index is 8.94. The van der Waals surface area contributed by atoms with Crippen LogP contribution in [0.25, 0.3) is 0 Å². The Balaban J connectivity index is -0.0000000800. The van der Waals surface area contributed by atoms with Crippen LogP contribution in [0.1, 0.15) is 0 Å². The van der Waals surface area contributed by atoms with Crippen molar-refractivity contribution in [3.8, 4) is 0 Å². The van der Waals surface area contributed by atoms with Crippen molar-refractivity contribution in [1.82, 2.24) is 0 Å². The van der Waals surface area contributed by atoms with Gasteiger partial charge in [-0.05, 0) is 0 Å². The molecule has 42 valence electrons. The number of rotatable bonds is 0. The third kappa shape index (κ3) is 89.6. The Labute approximate surface area is 73.1 Å². The maximum atomic E-state index is 8.94. The molecule has 0 aliphatic rings. The van der Waals surface area contributed by atoms with E-state index in [0.29, 0.717) is 0 Å². The van der Waals surface area contributed by atoms with Gasteiger partial charge in [-0.2, -0.15) is 0 Å². The molecule has 0 heterocycles. The third-order valence-electron chi connectivity index (χ3n) is 0. The van der Waals surface area contributed by atoms with Crippen molar-refractivity contribution in [3.63, 3.8) is 0 Å². The van der Waals surface area contributed by atoms with E-state index in [4.69, 9.17) is 16.0 Å².